The first-order chi connectivity index (χ1) is 10.3. The van der Waals surface area contributed by atoms with Crippen LogP contribution in [0.3, 0.4) is 0 Å². The number of carbonyl (C=O) groups excluding carboxylic acids is 1. The van der Waals surface area contributed by atoms with Crippen LogP contribution >= 0.6 is 0 Å². The van der Waals surface area contributed by atoms with Gasteiger partial charge < -0.3 is 0 Å². The molecule has 3 rings (SSSR count). The lowest BCUT2D eigenvalue weighted by Gasteiger charge is -2.18. The van der Waals surface area contributed by atoms with Gasteiger partial charge in [0.2, 0.25) is 5.91 Å². The molecule has 0 radical (unpaired) electrons. The fraction of sp³-hybridized carbons (Fsp3) is 0.667. The number of aromatic nitrogens is 1. The molecule has 0 saturated heterocycles. The topological polar surface area (TPSA) is 34.4 Å². The Hall–Kier alpha value is -1.38. The summed E-state index contributed by atoms with van der Waals surface area (Å²) in [5.74, 6) is 0.810. The normalized spacial score (nSPS) is 21.8. The highest BCUT2D eigenvalue weighted by molar-refractivity contribution is 5.78. The maximum absolute atomic E-state index is 12.6. The second kappa shape index (κ2) is 7.06. The summed E-state index contributed by atoms with van der Waals surface area (Å²) in [7, 11) is 0. The molecule has 0 aromatic carbocycles. The van der Waals surface area contributed by atoms with Crippen LogP contribution in [-0.4, -0.2) is 16.5 Å². The van der Waals surface area contributed by atoms with Gasteiger partial charge in [-0.2, -0.15) is 0 Å². The SMILES string of the molecule is O=C(CC1CCCC1)n1ccccc1=NC1CCCCC1. The lowest BCUT2D eigenvalue weighted by Crippen LogP contribution is -2.29. The van der Waals surface area contributed by atoms with Crippen molar-refractivity contribution in [2.75, 3.05) is 0 Å². The summed E-state index contributed by atoms with van der Waals surface area (Å²) in [6, 6.07) is 6.32. The molecule has 0 unspecified atom stereocenters. The maximum Gasteiger partial charge on any atom is 0.232 e. The Bertz CT molecular complexity index is 534. The van der Waals surface area contributed by atoms with Crippen molar-refractivity contribution >= 4 is 5.91 Å². The third kappa shape index (κ3) is 3.84. The van der Waals surface area contributed by atoms with E-state index < -0.39 is 0 Å². The smallest absolute Gasteiger partial charge is 0.232 e. The Morgan fingerprint density at radius 2 is 1.76 bits per heavy atom. The van der Waals surface area contributed by atoms with Crippen LogP contribution in [0.4, 0.5) is 0 Å². The Balaban J connectivity index is 1.77. The minimum Gasteiger partial charge on any atom is -0.274 e. The summed E-state index contributed by atoms with van der Waals surface area (Å²) in [6.45, 7) is 0. The van der Waals surface area contributed by atoms with Gasteiger partial charge in [-0.25, -0.2) is 0 Å². The third-order valence-electron chi connectivity index (χ3n) is 4.93. The molecule has 0 aliphatic heterocycles. The van der Waals surface area contributed by atoms with Gasteiger partial charge in [-0.15, -0.1) is 0 Å². The number of rotatable bonds is 3. The molecule has 2 saturated carbocycles. The van der Waals surface area contributed by atoms with Gasteiger partial charge in [-0.05, 0) is 43.7 Å². The molecular formula is C18H26N2O. The summed E-state index contributed by atoms with van der Waals surface area (Å²) in [5, 5.41) is 0. The number of nitrogens with zero attached hydrogens (tertiary/aromatic N) is 2. The largest absolute Gasteiger partial charge is 0.274 e. The van der Waals surface area contributed by atoms with Gasteiger partial charge >= 0.3 is 0 Å². The van der Waals surface area contributed by atoms with E-state index in [1.165, 1.54) is 57.8 Å². The Morgan fingerprint density at radius 3 is 2.52 bits per heavy atom. The van der Waals surface area contributed by atoms with Crippen LogP contribution < -0.4 is 5.49 Å². The molecule has 0 N–H and O–H groups in total. The quantitative estimate of drug-likeness (QED) is 0.828. The van der Waals surface area contributed by atoms with Crippen molar-refractivity contribution in [3.05, 3.63) is 29.9 Å². The van der Waals surface area contributed by atoms with Crippen LogP contribution in [0.2, 0.25) is 0 Å². The van der Waals surface area contributed by atoms with Gasteiger partial charge in [0.1, 0.15) is 5.49 Å². The van der Waals surface area contributed by atoms with E-state index in [2.05, 4.69) is 0 Å². The molecule has 0 atom stereocenters. The average Bonchev–Trinajstić information content (AvgIpc) is 3.02. The van der Waals surface area contributed by atoms with Gasteiger partial charge in [-0.1, -0.05) is 38.2 Å². The first-order valence-electron chi connectivity index (χ1n) is 8.57. The molecule has 3 nitrogen and oxygen atoms in total. The standard InChI is InChI=1S/C18H26N2O/c21-18(14-15-8-4-5-9-15)20-13-7-6-12-17(20)19-16-10-2-1-3-11-16/h6-7,12-13,15-16H,1-5,8-11,14H2. The van der Waals surface area contributed by atoms with Gasteiger partial charge in [0.05, 0.1) is 6.04 Å². The molecule has 1 aromatic heterocycles. The molecule has 2 aliphatic rings. The summed E-state index contributed by atoms with van der Waals surface area (Å²) in [5.41, 5.74) is 0.854. The van der Waals surface area contributed by atoms with Crippen molar-refractivity contribution in [1.82, 2.24) is 4.57 Å². The van der Waals surface area contributed by atoms with Gasteiger partial charge in [0.25, 0.3) is 0 Å². The van der Waals surface area contributed by atoms with Crippen LogP contribution in [0.5, 0.6) is 0 Å². The fourth-order valence-electron chi connectivity index (χ4n) is 3.71. The van der Waals surface area contributed by atoms with Crippen molar-refractivity contribution in [3.63, 3.8) is 0 Å². The molecule has 1 heterocycles. The van der Waals surface area contributed by atoms with E-state index >= 15 is 0 Å². The molecule has 0 amide bonds. The zero-order valence-electron chi connectivity index (χ0n) is 12.8. The van der Waals surface area contributed by atoms with E-state index in [0.717, 1.165) is 5.49 Å². The number of carbonyl (C=O) groups is 1. The Labute approximate surface area is 127 Å². The monoisotopic (exact) mass is 286 g/mol. The molecular weight excluding hydrogens is 260 g/mol. The molecule has 2 fully saturated rings. The minimum absolute atomic E-state index is 0.219. The fourth-order valence-corrected chi connectivity index (χ4v) is 3.71. The number of pyridine rings is 1. The minimum atomic E-state index is 0.219. The second-order valence-electron chi connectivity index (χ2n) is 6.60. The molecule has 3 heteroatoms. The molecule has 114 valence electrons. The van der Waals surface area contributed by atoms with Crippen LogP contribution in [0.1, 0.15) is 69.0 Å². The van der Waals surface area contributed by atoms with E-state index in [0.29, 0.717) is 18.4 Å². The number of hydrogen-bond acceptors (Lipinski definition) is 2. The highest BCUT2D eigenvalue weighted by Crippen LogP contribution is 2.27. The summed E-state index contributed by atoms with van der Waals surface area (Å²) < 4.78 is 1.78. The summed E-state index contributed by atoms with van der Waals surface area (Å²) >= 11 is 0. The molecule has 2 aliphatic carbocycles. The van der Waals surface area contributed by atoms with E-state index in [-0.39, 0.29) is 5.91 Å². The maximum atomic E-state index is 12.6. The molecule has 1 aromatic rings. The van der Waals surface area contributed by atoms with Crippen molar-refractivity contribution in [2.24, 2.45) is 10.9 Å². The molecule has 0 bridgehead atoms. The van der Waals surface area contributed by atoms with Crippen molar-refractivity contribution < 1.29 is 4.79 Å². The van der Waals surface area contributed by atoms with Crippen LogP contribution in [0, 0.1) is 5.92 Å². The van der Waals surface area contributed by atoms with E-state index in [1.807, 2.05) is 24.4 Å². The predicted octanol–water partition coefficient (Wildman–Crippen LogP) is 3.94. The average molecular weight is 286 g/mol. The van der Waals surface area contributed by atoms with Crippen LogP contribution in [0.25, 0.3) is 0 Å². The van der Waals surface area contributed by atoms with E-state index in [1.54, 1.807) is 4.57 Å². The lowest BCUT2D eigenvalue weighted by molar-refractivity contribution is 0.0874. The Kier molecular flexibility index (Phi) is 4.89. The lowest BCUT2D eigenvalue weighted by atomic mass is 9.96. The second-order valence-corrected chi connectivity index (χ2v) is 6.60. The first-order valence-corrected chi connectivity index (χ1v) is 8.57. The molecule has 0 spiro atoms. The van der Waals surface area contributed by atoms with Gasteiger partial charge in [0.15, 0.2) is 0 Å². The number of hydrogen-bond donors (Lipinski definition) is 0. The van der Waals surface area contributed by atoms with Gasteiger partial charge in [0, 0.05) is 12.6 Å². The Morgan fingerprint density at radius 1 is 1.05 bits per heavy atom. The highest BCUT2D eigenvalue weighted by atomic mass is 16.2. The van der Waals surface area contributed by atoms with Crippen LogP contribution in [-0.2, 0) is 0 Å². The van der Waals surface area contributed by atoms with E-state index in [4.69, 9.17) is 4.99 Å². The summed E-state index contributed by atoms with van der Waals surface area (Å²) in [6.07, 6.45) is 13.8. The highest BCUT2D eigenvalue weighted by Gasteiger charge is 2.19. The zero-order valence-corrected chi connectivity index (χ0v) is 12.8. The van der Waals surface area contributed by atoms with Crippen molar-refractivity contribution in [2.45, 2.75) is 70.3 Å². The third-order valence-corrected chi connectivity index (χ3v) is 4.93. The van der Waals surface area contributed by atoms with E-state index in [9.17, 15) is 4.79 Å². The van der Waals surface area contributed by atoms with Crippen molar-refractivity contribution in [3.8, 4) is 0 Å². The zero-order chi connectivity index (χ0) is 14.5. The molecule has 21 heavy (non-hydrogen) atoms. The predicted molar refractivity (Wildman–Crippen MR) is 84.1 cm³/mol. The first kappa shape index (κ1) is 14.6. The van der Waals surface area contributed by atoms with Crippen LogP contribution in [0.15, 0.2) is 29.4 Å². The summed E-state index contributed by atoms with van der Waals surface area (Å²) in [4.78, 5) is 17.4. The van der Waals surface area contributed by atoms with Crippen molar-refractivity contribution in [1.29, 1.82) is 0 Å². The van der Waals surface area contributed by atoms with Gasteiger partial charge in [-0.3, -0.25) is 14.4 Å².